The van der Waals surface area contributed by atoms with Crippen LogP contribution in [-0.4, -0.2) is 15.6 Å². The molecule has 0 amide bonds. The van der Waals surface area contributed by atoms with Gasteiger partial charge >= 0.3 is 0 Å². The quantitative estimate of drug-likeness (QED) is 0.878. The third kappa shape index (κ3) is 1.57. The molecule has 2 aliphatic rings. The molecule has 1 aromatic carbocycles. The van der Waals surface area contributed by atoms with E-state index in [-0.39, 0.29) is 0 Å². The van der Waals surface area contributed by atoms with E-state index in [1.807, 2.05) is 0 Å². The molecule has 2 atom stereocenters. The summed E-state index contributed by atoms with van der Waals surface area (Å²) < 4.78 is 2.50. The van der Waals surface area contributed by atoms with Crippen molar-refractivity contribution in [3.05, 3.63) is 30.1 Å². The highest BCUT2D eigenvalue weighted by molar-refractivity contribution is 5.76. The Bertz CT molecular complexity index is 582. The van der Waals surface area contributed by atoms with Crippen molar-refractivity contribution in [3.8, 4) is 0 Å². The van der Waals surface area contributed by atoms with Gasteiger partial charge in [-0.2, -0.15) is 0 Å². The number of nitrogens with zero attached hydrogens (tertiary/aromatic N) is 2. The van der Waals surface area contributed by atoms with Crippen LogP contribution in [-0.2, 0) is 0 Å². The number of para-hydroxylation sites is 2. The molecule has 18 heavy (non-hydrogen) atoms. The van der Waals surface area contributed by atoms with Crippen molar-refractivity contribution < 1.29 is 0 Å². The second kappa shape index (κ2) is 3.82. The summed E-state index contributed by atoms with van der Waals surface area (Å²) in [5, 5.41) is 0. The lowest BCUT2D eigenvalue weighted by Crippen LogP contribution is -2.15. The predicted octanol–water partition coefficient (Wildman–Crippen LogP) is 2.97. The molecule has 2 unspecified atom stereocenters. The number of imidazole rings is 1. The zero-order chi connectivity index (χ0) is 12.1. The minimum Gasteiger partial charge on any atom is -0.328 e. The minimum absolute atomic E-state index is 0.377. The lowest BCUT2D eigenvalue weighted by Gasteiger charge is -2.13. The highest BCUT2D eigenvalue weighted by Gasteiger charge is 2.33. The topological polar surface area (TPSA) is 43.8 Å². The third-order valence-electron chi connectivity index (χ3n) is 4.37. The van der Waals surface area contributed by atoms with Crippen LogP contribution in [0.5, 0.6) is 0 Å². The number of fused-ring (bicyclic) bond motifs is 1. The molecule has 2 fully saturated rings. The maximum atomic E-state index is 6.06. The number of hydrogen-bond donors (Lipinski definition) is 1. The van der Waals surface area contributed by atoms with E-state index < -0.39 is 0 Å². The fraction of sp³-hybridized carbons (Fsp3) is 0.533. The van der Waals surface area contributed by atoms with Gasteiger partial charge in [-0.3, -0.25) is 0 Å². The molecule has 2 saturated carbocycles. The molecule has 0 bridgehead atoms. The molecule has 1 heterocycles. The largest absolute Gasteiger partial charge is 0.328 e. The molecule has 1 aromatic heterocycles. The smallest absolute Gasteiger partial charge is 0.113 e. The summed E-state index contributed by atoms with van der Waals surface area (Å²) in [5.74, 6) is 1.87. The zero-order valence-corrected chi connectivity index (χ0v) is 10.5. The Morgan fingerprint density at radius 2 is 1.94 bits per heavy atom. The van der Waals surface area contributed by atoms with Gasteiger partial charge in [0.15, 0.2) is 0 Å². The Balaban J connectivity index is 1.85. The van der Waals surface area contributed by atoms with Crippen LogP contribution in [0.25, 0.3) is 11.0 Å². The maximum Gasteiger partial charge on any atom is 0.113 e. The summed E-state index contributed by atoms with van der Waals surface area (Å²) in [6.07, 6.45) is 6.09. The number of nitrogens with two attached hydrogens (primary N) is 1. The van der Waals surface area contributed by atoms with Crippen LogP contribution in [0.4, 0.5) is 0 Å². The number of hydrogen-bond acceptors (Lipinski definition) is 2. The number of aromatic nitrogens is 2. The van der Waals surface area contributed by atoms with Crippen molar-refractivity contribution in [1.29, 1.82) is 0 Å². The van der Waals surface area contributed by atoms with Gasteiger partial charge in [-0.1, -0.05) is 12.1 Å². The summed E-state index contributed by atoms with van der Waals surface area (Å²) in [6.45, 7) is 0. The normalized spacial score (nSPS) is 28.1. The van der Waals surface area contributed by atoms with E-state index in [0.717, 1.165) is 18.4 Å². The predicted molar refractivity (Wildman–Crippen MR) is 72.6 cm³/mol. The molecule has 4 rings (SSSR count). The van der Waals surface area contributed by atoms with Crippen molar-refractivity contribution >= 4 is 11.0 Å². The Morgan fingerprint density at radius 3 is 2.67 bits per heavy atom. The second-order valence-electron chi connectivity index (χ2n) is 5.83. The van der Waals surface area contributed by atoms with Gasteiger partial charge in [-0.05, 0) is 44.2 Å². The molecule has 2 N–H and O–H groups in total. The maximum absolute atomic E-state index is 6.06. The first kappa shape index (κ1) is 10.6. The van der Waals surface area contributed by atoms with Crippen LogP contribution in [0.15, 0.2) is 24.3 Å². The summed E-state index contributed by atoms with van der Waals surface area (Å²) in [4.78, 5) is 4.90. The first-order chi connectivity index (χ1) is 8.83. The standard InChI is InChI=1S/C15H19N3/c16-11-6-5-10(9-11)15-17-13-3-1-2-4-14(13)18(15)12-7-8-12/h1-4,10-12H,5-9,16H2. The monoisotopic (exact) mass is 241 g/mol. The van der Waals surface area contributed by atoms with Crippen molar-refractivity contribution in [2.24, 2.45) is 5.73 Å². The SMILES string of the molecule is NC1CCC(c2nc3ccccc3n2C2CC2)C1. The summed E-state index contributed by atoms with van der Waals surface area (Å²) >= 11 is 0. The Kier molecular flexibility index (Phi) is 2.24. The minimum atomic E-state index is 0.377. The van der Waals surface area contributed by atoms with Crippen molar-refractivity contribution in [1.82, 2.24) is 9.55 Å². The lowest BCUT2D eigenvalue weighted by atomic mass is 10.1. The van der Waals surface area contributed by atoms with Crippen LogP contribution in [0.2, 0.25) is 0 Å². The van der Waals surface area contributed by atoms with Crippen molar-refractivity contribution in [2.45, 2.75) is 50.1 Å². The Hall–Kier alpha value is -1.35. The van der Waals surface area contributed by atoms with E-state index in [1.165, 1.54) is 30.6 Å². The average molecular weight is 241 g/mol. The van der Waals surface area contributed by atoms with Crippen LogP contribution in [0, 0.1) is 0 Å². The van der Waals surface area contributed by atoms with Gasteiger partial charge < -0.3 is 10.3 Å². The van der Waals surface area contributed by atoms with E-state index in [1.54, 1.807) is 0 Å². The highest BCUT2D eigenvalue weighted by Crippen LogP contribution is 2.43. The summed E-state index contributed by atoms with van der Waals surface area (Å²) in [7, 11) is 0. The first-order valence-electron chi connectivity index (χ1n) is 7.05. The summed E-state index contributed by atoms with van der Waals surface area (Å²) in [6, 6.07) is 9.61. The molecule has 2 aromatic rings. The molecule has 0 aliphatic heterocycles. The molecule has 3 nitrogen and oxygen atoms in total. The lowest BCUT2D eigenvalue weighted by molar-refractivity contribution is 0.591. The van der Waals surface area contributed by atoms with Gasteiger partial charge in [0.2, 0.25) is 0 Å². The molecule has 0 radical (unpaired) electrons. The number of rotatable bonds is 2. The van der Waals surface area contributed by atoms with Gasteiger partial charge in [0.1, 0.15) is 5.82 Å². The van der Waals surface area contributed by atoms with E-state index in [2.05, 4.69) is 28.8 Å². The zero-order valence-electron chi connectivity index (χ0n) is 10.5. The molecule has 94 valence electrons. The van der Waals surface area contributed by atoms with E-state index in [0.29, 0.717) is 18.0 Å². The average Bonchev–Trinajstić information content (AvgIpc) is 3.00. The molecule has 0 saturated heterocycles. The fourth-order valence-electron chi connectivity index (χ4n) is 3.32. The van der Waals surface area contributed by atoms with Gasteiger partial charge in [-0.15, -0.1) is 0 Å². The van der Waals surface area contributed by atoms with E-state index in [4.69, 9.17) is 10.7 Å². The van der Waals surface area contributed by atoms with E-state index in [9.17, 15) is 0 Å². The molecule has 3 heteroatoms. The summed E-state index contributed by atoms with van der Waals surface area (Å²) in [5.41, 5.74) is 8.53. The van der Waals surface area contributed by atoms with Crippen LogP contribution in [0.1, 0.15) is 49.9 Å². The van der Waals surface area contributed by atoms with Crippen molar-refractivity contribution in [3.63, 3.8) is 0 Å². The number of benzene rings is 1. The van der Waals surface area contributed by atoms with Gasteiger partial charge in [0, 0.05) is 18.0 Å². The second-order valence-corrected chi connectivity index (χ2v) is 5.83. The van der Waals surface area contributed by atoms with Crippen molar-refractivity contribution in [2.75, 3.05) is 0 Å². The molecule has 2 aliphatic carbocycles. The Morgan fingerprint density at radius 1 is 1.11 bits per heavy atom. The van der Waals surface area contributed by atoms with Crippen LogP contribution in [0.3, 0.4) is 0 Å². The van der Waals surface area contributed by atoms with Gasteiger partial charge in [0.05, 0.1) is 11.0 Å². The van der Waals surface area contributed by atoms with Gasteiger partial charge in [0.25, 0.3) is 0 Å². The van der Waals surface area contributed by atoms with Crippen LogP contribution >= 0.6 is 0 Å². The molecular formula is C15H19N3. The van der Waals surface area contributed by atoms with E-state index >= 15 is 0 Å². The fourth-order valence-corrected chi connectivity index (χ4v) is 3.32. The first-order valence-corrected chi connectivity index (χ1v) is 7.05. The van der Waals surface area contributed by atoms with Crippen LogP contribution < -0.4 is 5.73 Å². The third-order valence-corrected chi connectivity index (χ3v) is 4.37. The molecule has 0 spiro atoms. The highest BCUT2D eigenvalue weighted by atomic mass is 15.1. The molecular weight excluding hydrogens is 222 g/mol. The van der Waals surface area contributed by atoms with Gasteiger partial charge in [-0.25, -0.2) is 4.98 Å². The Labute approximate surface area is 107 Å².